The number of hydrogen-bond acceptors (Lipinski definition) is 4. The zero-order valence-electron chi connectivity index (χ0n) is 12.6. The van der Waals surface area contributed by atoms with Crippen molar-refractivity contribution in [2.75, 3.05) is 20.3 Å². The molecule has 0 spiro atoms. The summed E-state index contributed by atoms with van der Waals surface area (Å²) in [6.07, 6.45) is 0. The molecule has 0 aliphatic rings. The first kappa shape index (κ1) is 18.0. The highest BCUT2D eigenvalue weighted by Crippen LogP contribution is 2.15. The van der Waals surface area contributed by atoms with E-state index in [-0.39, 0.29) is 16.8 Å². The van der Waals surface area contributed by atoms with Crippen LogP contribution in [0.4, 0.5) is 0 Å². The number of thiocarbonyl (C=S) groups is 1. The summed E-state index contributed by atoms with van der Waals surface area (Å²) in [4.78, 5) is 0.259. The molecular formula is C14H22N2O3S2. The summed E-state index contributed by atoms with van der Waals surface area (Å²) in [5.41, 5.74) is 6.92. The van der Waals surface area contributed by atoms with Gasteiger partial charge < -0.3 is 10.5 Å². The van der Waals surface area contributed by atoms with E-state index in [0.717, 1.165) is 0 Å². The van der Waals surface area contributed by atoms with E-state index in [1.807, 2.05) is 13.8 Å². The van der Waals surface area contributed by atoms with Gasteiger partial charge in [-0.1, -0.05) is 37.3 Å². The number of nitrogens with zero attached hydrogens (tertiary/aromatic N) is 1. The maximum absolute atomic E-state index is 12.5. The Morgan fingerprint density at radius 3 is 2.67 bits per heavy atom. The molecule has 1 rings (SSSR count). The van der Waals surface area contributed by atoms with E-state index >= 15 is 0 Å². The summed E-state index contributed by atoms with van der Waals surface area (Å²) in [6.45, 7) is 4.41. The molecule has 0 radical (unpaired) electrons. The maximum atomic E-state index is 12.5. The van der Waals surface area contributed by atoms with Crippen molar-refractivity contribution in [1.29, 1.82) is 0 Å². The van der Waals surface area contributed by atoms with Crippen LogP contribution in [0.1, 0.15) is 25.0 Å². The van der Waals surface area contributed by atoms with Crippen LogP contribution < -0.4 is 5.73 Å². The van der Waals surface area contributed by atoms with Crippen LogP contribution in [0.2, 0.25) is 0 Å². The van der Waals surface area contributed by atoms with Gasteiger partial charge in [0.2, 0.25) is 10.0 Å². The third-order valence-electron chi connectivity index (χ3n) is 3.13. The number of nitrogens with two attached hydrogens (primary N) is 1. The quantitative estimate of drug-likeness (QED) is 0.732. The smallest absolute Gasteiger partial charge is 0.218 e. The minimum Gasteiger partial charge on any atom is -0.389 e. The average Bonchev–Trinajstić information content (AvgIpc) is 2.39. The summed E-state index contributed by atoms with van der Waals surface area (Å²) in [5.74, 6) is -0.0780. The molecule has 0 heterocycles. The van der Waals surface area contributed by atoms with Crippen molar-refractivity contribution in [3.63, 3.8) is 0 Å². The summed E-state index contributed by atoms with van der Waals surface area (Å²) in [5, 5.41) is 0. The second-order valence-electron chi connectivity index (χ2n) is 4.83. The molecule has 0 aliphatic heterocycles. The van der Waals surface area contributed by atoms with Crippen LogP contribution in [0.25, 0.3) is 0 Å². The molecule has 0 aliphatic carbocycles. The molecule has 0 amide bonds. The van der Waals surface area contributed by atoms with Gasteiger partial charge in [0.15, 0.2) is 0 Å². The fourth-order valence-electron chi connectivity index (χ4n) is 2.21. The molecule has 1 atom stereocenters. The second-order valence-corrected chi connectivity index (χ2v) is 7.19. The predicted molar refractivity (Wildman–Crippen MR) is 88.7 cm³/mol. The molecule has 2 N–H and O–H groups in total. The van der Waals surface area contributed by atoms with Crippen molar-refractivity contribution in [3.8, 4) is 0 Å². The van der Waals surface area contributed by atoms with Crippen molar-refractivity contribution in [2.45, 2.75) is 25.6 Å². The largest absolute Gasteiger partial charge is 0.389 e. The highest BCUT2D eigenvalue weighted by molar-refractivity contribution is 7.88. The monoisotopic (exact) mass is 330 g/mol. The second kappa shape index (κ2) is 7.84. The van der Waals surface area contributed by atoms with Gasteiger partial charge >= 0.3 is 0 Å². The lowest BCUT2D eigenvalue weighted by Gasteiger charge is -2.26. The molecule has 0 saturated carbocycles. The van der Waals surface area contributed by atoms with Gasteiger partial charge in [-0.25, -0.2) is 8.42 Å². The Morgan fingerprint density at radius 1 is 1.48 bits per heavy atom. The Kier molecular flexibility index (Phi) is 6.73. The van der Waals surface area contributed by atoms with Crippen molar-refractivity contribution < 1.29 is 13.2 Å². The van der Waals surface area contributed by atoms with Gasteiger partial charge in [-0.05, 0) is 18.6 Å². The van der Waals surface area contributed by atoms with Gasteiger partial charge in [0.05, 0.1) is 12.4 Å². The molecule has 118 valence electrons. The van der Waals surface area contributed by atoms with Crippen LogP contribution in [-0.4, -0.2) is 44.0 Å². The van der Waals surface area contributed by atoms with E-state index in [2.05, 4.69) is 0 Å². The standard InChI is InChI=1S/C14H22N2O3S2/c1-4-16(11(2)9-19-3)21(17,18)10-12-6-5-7-13(8-12)14(15)20/h5-8,11H,4,9-10H2,1-3H3,(H2,15,20). The minimum atomic E-state index is -3.42. The number of hydrogen-bond donors (Lipinski definition) is 1. The molecule has 0 fully saturated rings. The van der Waals surface area contributed by atoms with Gasteiger partial charge in [-0.2, -0.15) is 4.31 Å². The molecular weight excluding hydrogens is 308 g/mol. The van der Waals surface area contributed by atoms with E-state index in [1.54, 1.807) is 31.4 Å². The Morgan fingerprint density at radius 2 is 2.14 bits per heavy atom. The van der Waals surface area contributed by atoms with E-state index in [1.165, 1.54) is 4.31 Å². The van der Waals surface area contributed by atoms with E-state index in [9.17, 15) is 8.42 Å². The zero-order valence-corrected chi connectivity index (χ0v) is 14.2. The predicted octanol–water partition coefficient (Wildman–Crippen LogP) is 1.51. The molecule has 7 heteroatoms. The third kappa shape index (κ3) is 5.03. The highest BCUT2D eigenvalue weighted by Gasteiger charge is 2.26. The molecule has 1 aromatic carbocycles. The maximum Gasteiger partial charge on any atom is 0.218 e. The third-order valence-corrected chi connectivity index (χ3v) is 5.40. The lowest BCUT2D eigenvalue weighted by atomic mass is 10.1. The van der Waals surface area contributed by atoms with Crippen LogP contribution in [0, 0.1) is 0 Å². The van der Waals surface area contributed by atoms with Crippen LogP contribution >= 0.6 is 12.2 Å². The summed E-state index contributed by atoms with van der Waals surface area (Å²) < 4.78 is 31.6. The highest BCUT2D eigenvalue weighted by atomic mass is 32.2. The molecule has 5 nitrogen and oxygen atoms in total. The Bertz CT molecular complexity index is 588. The fraction of sp³-hybridized carbons (Fsp3) is 0.500. The SMILES string of the molecule is CCN(C(C)COC)S(=O)(=O)Cc1cccc(C(N)=S)c1. The Labute approximate surface area is 132 Å². The lowest BCUT2D eigenvalue weighted by molar-refractivity contribution is 0.142. The molecule has 0 bridgehead atoms. The molecule has 21 heavy (non-hydrogen) atoms. The first-order chi connectivity index (χ1) is 9.81. The number of likely N-dealkylation sites (N-methyl/N-ethyl adjacent to an activating group) is 1. The van der Waals surface area contributed by atoms with E-state index < -0.39 is 10.0 Å². The molecule has 1 aromatic rings. The normalized spacial score (nSPS) is 13.3. The topological polar surface area (TPSA) is 72.6 Å². The van der Waals surface area contributed by atoms with Crippen molar-refractivity contribution in [1.82, 2.24) is 4.31 Å². The Balaban J connectivity index is 2.98. The first-order valence-corrected chi connectivity index (χ1v) is 8.70. The van der Waals surface area contributed by atoms with E-state index in [0.29, 0.717) is 24.3 Å². The van der Waals surface area contributed by atoms with Gasteiger partial charge in [-0.15, -0.1) is 0 Å². The number of benzene rings is 1. The number of sulfonamides is 1. The summed E-state index contributed by atoms with van der Waals surface area (Å²) in [6, 6.07) is 6.80. The Hall–Kier alpha value is -1.02. The van der Waals surface area contributed by atoms with Crippen LogP contribution in [0.3, 0.4) is 0 Å². The van der Waals surface area contributed by atoms with Gasteiger partial charge in [0.1, 0.15) is 4.99 Å². The van der Waals surface area contributed by atoms with Gasteiger partial charge in [0.25, 0.3) is 0 Å². The van der Waals surface area contributed by atoms with Crippen molar-refractivity contribution in [3.05, 3.63) is 35.4 Å². The first-order valence-electron chi connectivity index (χ1n) is 6.69. The summed E-state index contributed by atoms with van der Waals surface area (Å²) in [7, 11) is -1.86. The molecule has 0 saturated heterocycles. The fourth-order valence-corrected chi connectivity index (χ4v) is 4.11. The van der Waals surface area contributed by atoms with Crippen molar-refractivity contribution in [2.24, 2.45) is 5.73 Å². The van der Waals surface area contributed by atoms with Crippen LogP contribution in [0.5, 0.6) is 0 Å². The number of methoxy groups -OCH3 is 1. The van der Waals surface area contributed by atoms with Crippen LogP contribution in [-0.2, 0) is 20.5 Å². The van der Waals surface area contributed by atoms with Crippen molar-refractivity contribution >= 4 is 27.2 Å². The van der Waals surface area contributed by atoms with Gasteiger partial charge in [0, 0.05) is 25.3 Å². The number of ether oxygens (including phenoxy) is 1. The number of rotatable bonds is 8. The zero-order chi connectivity index (χ0) is 16.0. The van der Waals surface area contributed by atoms with E-state index in [4.69, 9.17) is 22.7 Å². The average molecular weight is 330 g/mol. The lowest BCUT2D eigenvalue weighted by Crippen LogP contribution is -2.41. The van der Waals surface area contributed by atoms with Gasteiger partial charge in [-0.3, -0.25) is 0 Å². The summed E-state index contributed by atoms with van der Waals surface area (Å²) >= 11 is 4.91. The molecule has 0 aromatic heterocycles. The van der Waals surface area contributed by atoms with Crippen LogP contribution in [0.15, 0.2) is 24.3 Å². The molecule has 1 unspecified atom stereocenters. The minimum absolute atomic E-state index is 0.0780.